The number of hydrogen-bond donors (Lipinski definition) is 0. The lowest BCUT2D eigenvalue weighted by Gasteiger charge is -2.36. The highest BCUT2D eigenvalue weighted by molar-refractivity contribution is 7.88. The Morgan fingerprint density at radius 2 is 1.68 bits per heavy atom. The molecule has 4 nitrogen and oxygen atoms in total. The van der Waals surface area contributed by atoms with E-state index in [0.717, 1.165) is 22.6 Å². The molecule has 0 unspecified atom stereocenters. The standard InChI is InChI=1S/C20H23NO3S/c1-14-19(21(2)25(4,22)23)13-16-7-5-6-8-18(16)20(14)15-9-11-17(24-3)12-10-15/h5-14,20H,1-4H3/t14-,20-/m0/s1. The first-order chi connectivity index (χ1) is 11.8. The first-order valence-corrected chi connectivity index (χ1v) is 10.1. The molecule has 0 spiro atoms. The number of sulfonamides is 1. The van der Waals surface area contributed by atoms with Crippen LogP contribution < -0.4 is 4.74 Å². The van der Waals surface area contributed by atoms with Gasteiger partial charge in [-0.15, -0.1) is 0 Å². The predicted molar refractivity (Wildman–Crippen MR) is 101 cm³/mol. The van der Waals surface area contributed by atoms with Gasteiger partial charge in [0, 0.05) is 24.6 Å². The van der Waals surface area contributed by atoms with Gasteiger partial charge in [0.1, 0.15) is 5.75 Å². The molecule has 0 radical (unpaired) electrons. The third-order valence-electron chi connectivity index (χ3n) is 4.94. The van der Waals surface area contributed by atoms with Gasteiger partial charge in [-0.05, 0) is 34.9 Å². The summed E-state index contributed by atoms with van der Waals surface area (Å²) in [6, 6.07) is 16.2. The van der Waals surface area contributed by atoms with Crippen LogP contribution in [0.25, 0.3) is 6.08 Å². The Morgan fingerprint density at radius 1 is 1.04 bits per heavy atom. The molecule has 0 saturated heterocycles. The molecule has 2 atom stereocenters. The van der Waals surface area contributed by atoms with Crippen LogP contribution in [0.3, 0.4) is 0 Å². The molecule has 0 bridgehead atoms. The van der Waals surface area contributed by atoms with E-state index in [9.17, 15) is 8.42 Å². The fraction of sp³-hybridized carbons (Fsp3) is 0.300. The minimum atomic E-state index is -3.31. The van der Waals surface area contributed by atoms with E-state index >= 15 is 0 Å². The van der Waals surface area contributed by atoms with E-state index in [1.54, 1.807) is 14.2 Å². The molecule has 2 aromatic carbocycles. The van der Waals surface area contributed by atoms with Crippen LogP contribution in [0.1, 0.15) is 29.5 Å². The van der Waals surface area contributed by atoms with Gasteiger partial charge < -0.3 is 4.74 Å². The SMILES string of the molecule is COc1ccc([C@H]2c3ccccc3C=C(N(C)S(C)(=O)=O)[C@@H]2C)cc1. The van der Waals surface area contributed by atoms with Gasteiger partial charge in [-0.1, -0.05) is 43.3 Å². The Morgan fingerprint density at radius 3 is 2.28 bits per heavy atom. The summed E-state index contributed by atoms with van der Waals surface area (Å²) in [5, 5.41) is 0. The number of nitrogens with zero attached hydrogens (tertiary/aromatic N) is 1. The van der Waals surface area contributed by atoms with Gasteiger partial charge in [0.2, 0.25) is 10.0 Å². The topological polar surface area (TPSA) is 46.6 Å². The van der Waals surface area contributed by atoms with E-state index in [2.05, 4.69) is 25.1 Å². The van der Waals surface area contributed by atoms with Crippen molar-refractivity contribution in [2.75, 3.05) is 20.4 Å². The Hall–Kier alpha value is -2.27. The number of benzene rings is 2. The van der Waals surface area contributed by atoms with Crippen LogP contribution in [-0.4, -0.2) is 33.1 Å². The van der Waals surface area contributed by atoms with E-state index in [1.807, 2.05) is 36.4 Å². The van der Waals surface area contributed by atoms with Gasteiger partial charge in [0.15, 0.2) is 0 Å². The van der Waals surface area contributed by atoms with Crippen LogP contribution in [0.4, 0.5) is 0 Å². The molecule has 1 aliphatic carbocycles. The van der Waals surface area contributed by atoms with Crippen LogP contribution in [0, 0.1) is 5.92 Å². The van der Waals surface area contributed by atoms with E-state index in [0.29, 0.717) is 0 Å². The second-order valence-electron chi connectivity index (χ2n) is 6.47. The van der Waals surface area contributed by atoms with Crippen molar-refractivity contribution in [3.63, 3.8) is 0 Å². The largest absolute Gasteiger partial charge is 0.497 e. The third-order valence-corrected chi connectivity index (χ3v) is 6.14. The Kier molecular flexibility index (Phi) is 4.60. The normalized spacial score (nSPS) is 19.8. The molecular weight excluding hydrogens is 334 g/mol. The van der Waals surface area contributed by atoms with Crippen LogP contribution in [0.15, 0.2) is 54.2 Å². The number of allylic oxidation sites excluding steroid dienone is 1. The fourth-order valence-corrected chi connectivity index (χ4v) is 4.11. The van der Waals surface area contributed by atoms with Crippen molar-refractivity contribution in [3.05, 3.63) is 70.9 Å². The quantitative estimate of drug-likeness (QED) is 0.838. The summed E-state index contributed by atoms with van der Waals surface area (Å²) in [5.74, 6) is 0.929. The average Bonchev–Trinajstić information content (AvgIpc) is 2.60. The van der Waals surface area contributed by atoms with Crippen LogP contribution in [-0.2, 0) is 10.0 Å². The minimum Gasteiger partial charge on any atom is -0.497 e. The fourth-order valence-electron chi connectivity index (χ4n) is 3.51. The van der Waals surface area contributed by atoms with Crippen molar-refractivity contribution in [3.8, 4) is 5.75 Å². The molecule has 1 aliphatic rings. The highest BCUT2D eigenvalue weighted by Gasteiger charge is 2.33. The second kappa shape index (κ2) is 6.56. The summed E-state index contributed by atoms with van der Waals surface area (Å²) in [7, 11) is -0.0392. The highest BCUT2D eigenvalue weighted by atomic mass is 32.2. The third kappa shape index (κ3) is 3.29. The molecule has 0 amide bonds. The van der Waals surface area contributed by atoms with Crippen molar-refractivity contribution >= 4 is 16.1 Å². The molecule has 0 fully saturated rings. The zero-order valence-corrected chi connectivity index (χ0v) is 15.7. The highest BCUT2D eigenvalue weighted by Crippen LogP contribution is 2.43. The molecule has 3 rings (SSSR count). The number of ether oxygens (including phenoxy) is 1. The maximum Gasteiger partial charge on any atom is 0.231 e. The van der Waals surface area contributed by atoms with Crippen molar-refractivity contribution in [2.45, 2.75) is 12.8 Å². The molecular formula is C20H23NO3S. The van der Waals surface area contributed by atoms with Gasteiger partial charge >= 0.3 is 0 Å². The maximum absolute atomic E-state index is 12.1. The van der Waals surface area contributed by atoms with E-state index in [4.69, 9.17) is 4.74 Å². The molecule has 2 aromatic rings. The second-order valence-corrected chi connectivity index (χ2v) is 8.48. The lowest BCUT2D eigenvalue weighted by Crippen LogP contribution is -2.32. The molecule has 25 heavy (non-hydrogen) atoms. The Bertz CT molecular complexity index is 901. The van der Waals surface area contributed by atoms with Gasteiger partial charge in [-0.25, -0.2) is 8.42 Å². The first-order valence-electron chi connectivity index (χ1n) is 8.21. The maximum atomic E-state index is 12.1. The smallest absolute Gasteiger partial charge is 0.231 e. The van der Waals surface area contributed by atoms with E-state index < -0.39 is 10.0 Å². The van der Waals surface area contributed by atoms with Crippen molar-refractivity contribution < 1.29 is 13.2 Å². The molecule has 0 aliphatic heterocycles. The summed E-state index contributed by atoms with van der Waals surface area (Å²) in [6.45, 7) is 2.08. The average molecular weight is 357 g/mol. The van der Waals surface area contributed by atoms with Gasteiger partial charge in [0.25, 0.3) is 0 Å². The Labute approximate surface area is 149 Å². The van der Waals surface area contributed by atoms with Crippen LogP contribution in [0.5, 0.6) is 5.75 Å². The van der Waals surface area contributed by atoms with Crippen molar-refractivity contribution in [2.24, 2.45) is 5.92 Å². The van der Waals surface area contributed by atoms with Crippen molar-refractivity contribution in [1.82, 2.24) is 4.31 Å². The number of hydrogen-bond acceptors (Lipinski definition) is 3. The first kappa shape index (κ1) is 17.5. The molecule has 0 aromatic heterocycles. The zero-order valence-electron chi connectivity index (χ0n) is 14.9. The van der Waals surface area contributed by atoms with E-state index in [-0.39, 0.29) is 11.8 Å². The molecule has 5 heteroatoms. The zero-order chi connectivity index (χ0) is 18.2. The summed E-state index contributed by atoms with van der Waals surface area (Å²) >= 11 is 0. The molecule has 0 heterocycles. The molecule has 132 valence electrons. The number of methoxy groups -OCH3 is 1. The van der Waals surface area contributed by atoms with Crippen LogP contribution >= 0.6 is 0 Å². The minimum absolute atomic E-state index is 0.0306. The molecule has 0 N–H and O–H groups in total. The van der Waals surface area contributed by atoms with Gasteiger partial charge in [0.05, 0.1) is 13.4 Å². The summed E-state index contributed by atoms with van der Waals surface area (Å²) in [6.07, 6.45) is 3.23. The van der Waals surface area contributed by atoms with Gasteiger partial charge in [-0.3, -0.25) is 4.31 Å². The summed E-state index contributed by atoms with van der Waals surface area (Å²) in [4.78, 5) is 0. The van der Waals surface area contributed by atoms with Crippen LogP contribution in [0.2, 0.25) is 0 Å². The van der Waals surface area contributed by atoms with E-state index in [1.165, 1.54) is 16.1 Å². The lowest BCUT2D eigenvalue weighted by molar-refractivity contribution is 0.414. The monoisotopic (exact) mass is 357 g/mol. The Balaban J connectivity index is 2.13. The summed E-state index contributed by atoms with van der Waals surface area (Å²) in [5.41, 5.74) is 4.23. The lowest BCUT2D eigenvalue weighted by atomic mass is 9.74. The number of fused-ring (bicyclic) bond motifs is 1. The number of rotatable bonds is 4. The molecule has 0 saturated carbocycles. The van der Waals surface area contributed by atoms with Crippen molar-refractivity contribution in [1.29, 1.82) is 0 Å². The summed E-state index contributed by atoms with van der Waals surface area (Å²) < 4.78 is 30.8. The predicted octanol–water partition coefficient (Wildman–Crippen LogP) is 3.71. The van der Waals surface area contributed by atoms with Gasteiger partial charge in [-0.2, -0.15) is 0 Å².